The molecule has 1 heterocycles. The van der Waals surface area contributed by atoms with Crippen LogP contribution >= 0.6 is 10.7 Å². The lowest BCUT2D eigenvalue weighted by molar-refractivity contribution is -0.102. The van der Waals surface area contributed by atoms with Crippen LogP contribution < -0.4 is 0 Å². The van der Waals surface area contributed by atoms with Crippen molar-refractivity contribution in [1.82, 2.24) is 0 Å². The van der Waals surface area contributed by atoms with E-state index in [1.54, 1.807) is 0 Å². The van der Waals surface area contributed by atoms with E-state index in [-0.39, 0.29) is 11.2 Å². The maximum absolute atomic E-state index is 10.5. The molecule has 0 saturated carbocycles. The molecule has 1 aliphatic heterocycles. The summed E-state index contributed by atoms with van der Waals surface area (Å²) in [6.45, 7) is 3.30. The SMILES string of the molecule is CC1(CCS(=O)(=O)Cl)COC1. The quantitative estimate of drug-likeness (QED) is 0.635. The topological polar surface area (TPSA) is 43.4 Å². The molecule has 3 nitrogen and oxygen atoms in total. The highest BCUT2D eigenvalue weighted by molar-refractivity contribution is 8.13. The molecule has 0 amide bonds. The molecule has 1 saturated heterocycles. The molecule has 0 bridgehead atoms. The van der Waals surface area contributed by atoms with Gasteiger partial charge in [-0.2, -0.15) is 0 Å². The second kappa shape index (κ2) is 2.92. The van der Waals surface area contributed by atoms with Crippen molar-refractivity contribution in [2.24, 2.45) is 5.41 Å². The van der Waals surface area contributed by atoms with Gasteiger partial charge in [0.15, 0.2) is 0 Å². The van der Waals surface area contributed by atoms with Crippen molar-refractivity contribution in [1.29, 1.82) is 0 Å². The fraction of sp³-hybridized carbons (Fsp3) is 1.00. The second-order valence-electron chi connectivity index (χ2n) is 3.30. The van der Waals surface area contributed by atoms with Gasteiger partial charge in [0.05, 0.1) is 19.0 Å². The lowest BCUT2D eigenvalue weighted by atomic mass is 9.86. The molecule has 66 valence electrons. The zero-order valence-corrected chi connectivity index (χ0v) is 7.91. The van der Waals surface area contributed by atoms with Crippen LogP contribution in [0.5, 0.6) is 0 Å². The molecule has 0 aliphatic carbocycles. The monoisotopic (exact) mass is 198 g/mol. The van der Waals surface area contributed by atoms with E-state index in [9.17, 15) is 8.42 Å². The summed E-state index contributed by atoms with van der Waals surface area (Å²) in [6.07, 6.45) is 0.596. The Morgan fingerprint density at radius 3 is 2.36 bits per heavy atom. The standard InChI is InChI=1S/C6H11ClO3S/c1-6(4-10-5-6)2-3-11(7,8)9/h2-5H2,1H3. The molecular weight excluding hydrogens is 188 g/mol. The molecule has 0 atom stereocenters. The minimum atomic E-state index is -3.32. The first-order valence-corrected chi connectivity index (χ1v) is 5.89. The third-order valence-electron chi connectivity index (χ3n) is 1.85. The third-order valence-corrected chi connectivity index (χ3v) is 3.01. The maximum Gasteiger partial charge on any atom is 0.232 e. The predicted octanol–water partition coefficient (Wildman–Crippen LogP) is 0.982. The number of halogens is 1. The highest BCUT2D eigenvalue weighted by atomic mass is 35.7. The first kappa shape index (κ1) is 9.29. The molecule has 0 radical (unpaired) electrons. The van der Waals surface area contributed by atoms with Gasteiger partial charge >= 0.3 is 0 Å². The first-order chi connectivity index (χ1) is 4.91. The zero-order valence-electron chi connectivity index (χ0n) is 6.34. The number of hydrogen-bond acceptors (Lipinski definition) is 3. The van der Waals surface area contributed by atoms with Crippen LogP contribution in [0.3, 0.4) is 0 Å². The summed E-state index contributed by atoms with van der Waals surface area (Å²) in [4.78, 5) is 0. The summed E-state index contributed by atoms with van der Waals surface area (Å²) in [5.74, 6) is 0.0500. The van der Waals surface area contributed by atoms with Gasteiger partial charge in [0.2, 0.25) is 9.05 Å². The van der Waals surface area contributed by atoms with Gasteiger partial charge in [-0.3, -0.25) is 0 Å². The first-order valence-electron chi connectivity index (χ1n) is 3.41. The molecule has 5 heteroatoms. The number of ether oxygens (including phenoxy) is 1. The van der Waals surface area contributed by atoms with Crippen molar-refractivity contribution in [2.45, 2.75) is 13.3 Å². The van der Waals surface area contributed by atoms with E-state index in [0.29, 0.717) is 19.6 Å². The Hall–Kier alpha value is 0.200. The van der Waals surface area contributed by atoms with Crippen LogP contribution in [0.2, 0.25) is 0 Å². The maximum atomic E-state index is 10.5. The van der Waals surface area contributed by atoms with Gasteiger partial charge in [0.25, 0.3) is 0 Å². The number of hydrogen-bond donors (Lipinski definition) is 0. The van der Waals surface area contributed by atoms with Crippen LogP contribution in [0.25, 0.3) is 0 Å². The van der Waals surface area contributed by atoms with E-state index < -0.39 is 9.05 Å². The van der Waals surface area contributed by atoms with Crippen LogP contribution in [0.15, 0.2) is 0 Å². The Morgan fingerprint density at radius 1 is 1.55 bits per heavy atom. The minimum absolute atomic E-state index is 0.0436. The third kappa shape index (κ3) is 2.97. The fourth-order valence-corrected chi connectivity index (χ4v) is 1.93. The van der Waals surface area contributed by atoms with Gasteiger partial charge in [0, 0.05) is 16.1 Å². The predicted molar refractivity (Wildman–Crippen MR) is 43.2 cm³/mol. The van der Waals surface area contributed by atoms with Crippen LogP contribution in [-0.2, 0) is 13.8 Å². The molecule has 0 N–H and O–H groups in total. The van der Waals surface area contributed by atoms with Crippen LogP contribution in [0, 0.1) is 5.41 Å². The highest BCUT2D eigenvalue weighted by Crippen LogP contribution is 2.31. The summed E-state index contributed by atoms with van der Waals surface area (Å²) in [5.41, 5.74) is 0.0436. The average Bonchev–Trinajstić information content (AvgIpc) is 1.77. The summed E-state index contributed by atoms with van der Waals surface area (Å²) in [5, 5.41) is 0. The van der Waals surface area contributed by atoms with E-state index in [4.69, 9.17) is 15.4 Å². The Morgan fingerprint density at radius 2 is 2.09 bits per heavy atom. The van der Waals surface area contributed by atoms with Crippen LogP contribution in [-0.4, -0.2) is 27.4 Å². The van der Waals surface area contributed by atoms with Gasteiger partial charge in [-0.15, -0.1) is 0 Å². The minimum Gasteiger partial charge on any atom is -0.380 e. The Bertz CT molecular complexity index is 230. The van der Waals surface area contributed by atoms with E-state index in [0.717, 1.165) is 0 Å². The van der Waals surface area contributed by atoms with Crippen molar-refractivity contribution in [3.05, 3.63) is 0 Å². The van der Waals surface area contributed by atoms with Gasteiger partial charge in [-0.25, -0.2) is 8.42 Å². The number of rotatable bonds is 3. The molecule has 11 heavy (non-hydrogen) atoms. The molecule has 0 aromatic rings. The van der Waals surface area contributed by atoms with E-state index in [2.05, 4.69) is 0 Å². The molecule has 0 unspecified atom stereocenters. The van der Waals surface area contributed by atoms with E-state index >= 15 is 0 Å². The summed E-state index contributed by atoms with van der Waals surface area (Å²) < 4.78 is 26.1. The molecule has 1 fully saturated rings. The van der Waals surface area contributed by atoms with Gasteiger partial charge in [0.1, 0.15) is 0 Å². The largest absolute Gasteiger partial charge is 0.380 e. The lowest BCUT2D eigenvalue weighted by Crippen LogP contribution is -2.40. The van der Waals surface area contributed by atoms with Gasteiger partial charge < -0.3 is 4.74 Å². The molecule has 0 aromatic heterocycles. The Balaban J connectivity index is 2.33. The van der Waals surface area contributed by atoms with E-state index in [1.165, 1.54) is 0 Å². The second-order valence-corrected chi connectivity index (χ2v) is 6.19. The molecule has 0 spiro atoms. The smallest absolute Gasteiger partial charge is 0.232 e. The van der Waals surface area contributed by atoms with Crippen LogP contribution in [0.1, 0.15) is 13.3 Å². The van der Waals surface area contributed by atoms with Crippen molar-refractivity contribution >= 4 is 19.7 Å². The zero-order chi connectivity index (χ0) is 8.54. The average molecular weight is 199 g/mol. The lowest BCUT2D eigenvalue weighted by Gasteiger charge is -2.37. The normalized spacial score (nSPS) is 22.7. The summed E-state index contributed by atoms with van der Waals surface area (Å²) in [6, 6.07) is 0. The van der Waals surface area contributed by atoms with E-state index in [1.807, 2.05) is 6.92 Å². The van der Waals surface area contributed by atoms with Crippen molar-refractivity contribution < 1.29 is 13.2 Å². The Kier molecular flexibility index (Phi) is 2.46. The van der Waals surface area contributed by atoms with Crippen molar-refractivity contribution in [3.8, 4) is 0 Å². The summed E-state index contributed by atoms with van der Waals surface area (Å²) >= 11 is 0. The molecular formula is C6H11ClO3S. The van der Waals surface area contributed by atoms with Gasteiger partial charge in [-0.05, 0) is 6.42 Å². The Labute approximate surface area is 71.1 Å². The van der Waals surface area contributed by atoms with Crippen LogP contribution in [0.4, 0.5) is 0 Å². The molecule has 1 rings (SSSR count). The fourth-order valence-electron chi connectivity index (χ4n) is 0.963. The summed E-state index contributed by atoms with van der Waals surface area (Å²) in [7, 11) is 1.73. The van der Waals surface area contributed by atoms with Crippen molar-refractivity contribution in [3.63, 3.8) is 0 Å². The van der Waals surface area contributed by atoms with Gasteiger partial charge in [-0.1, -0.05) is 6.92 Å². The molecule has 0 aromatic carbocycles. The van der Waals surface area contributed by atoms with Crippen molar-refractivity contribution in [2.75, 3.05) is 19.0 Å². The highest BCUT2D eigenvalue weighted by Gasteiger charge is 2.33. The molecule has 1 aliphatic rings.